The zero-order valence-electron chi connectivity index (χ0n) is 19.0. The van der Waals surface area contributed by atoms with E-state index in [0.717, 1.165) is 11.9 Å². The van der Waals surface area contributed by atoms with Crippen LogP contribution in [0.5, 0.6) is 0 Å². The van der Waals surface area contributed by atoms with Crippen molar-refractivity contribution in [3.63, 3.8) is 0 Å². The van der Waals surface area contributed by atoms with Crippen LogP contribution in [0.15, 0.2) is 85.2 Å². The zero-order valence-corrected chi connectivity index (χ0v) is 19.0. The van der Waals surface area contributed by atoms with E-state index in [1.807, 2.05) is 30.3 Å². The van der Waals surface area contributed by atoms with Crippen LogP contribution >= 0.6 is 0 Å². The van der Waals surface area contributed by atoms with E-state index in [4.69, 9.17) is 4.74 Å². The highest BCUT2D eigenvalue weighted by atomic mass is 19.4. The molecular formula is C27H20F3N3O3. The summed E-state index contributed by atoms with van der Waals surface area (Å²) < 4.78 is 51.2. The summed E-state index contributed by atoms with van der Waals surface area (Å²) in [4.78, 5) is 16.9. The number of carbonyl (C=O) groups is 1. The summed E-state index contributed by atoms with van der Waals surface area (Å²) in [7, 11) is 0. The second kappa shape index (κ2) is 8.76. The molecular weight excluding hydrogens is 471 g/mol. The van der Waals surface area contributed by atoms with Gasteiger partial charge in [0.1, 0.15) is 0 Å². The molecule has 0 fully saturated rings. The average Bonchev–Trinajstić information content (AvgIpc) is 3.31. The van der Waals surface area contributed by atoms with Crippen molar-refractivity contribution in [2.75, 3.05) is 6.61 Å². The molecule has 1 N–H and O–H groups in total. The number of para-hydroxylation sites is 2. The molecule has 0 amide bonds. The maximum atomic E-state index is 14.9. The molecule has 1 unspecified atom stereocenters. The van der Waals surface area contributed by atoms with E-state index in [1.165, 1.54) is 42.6 Å². The number of nitrogens with zero attached hydrogens (tertiary/aromatic N) is 3. The van der Waals surface area contributed by atoms with Crippen molar-refractivity contribution < 1.29 is 27.8 Å². The number of fused-ring (bicyclic) bond motifs is 2. The lowest BCUT2D eigenvalue weighted by Crippen LogP contribution is -2.44. The van der Waals surface area contributed by atoms with Crippen LogP contribution in [0, 0.1) is 0 Å². The minimum absolute atomic E-state index is 0.0112. The highest BCUT2D eigenvalue weighted by molar-refractivity contribution is 5.98. The van der Waals surface area contributed by atoms with Crippen LogP contribution in [0.3, 0.4) is 0 Å². The summed E-state index contributed by atoms with van der Waals surface area (Å²) in [5.41, 5.74) is -3.61. The third-order valence-corrected chi connectivity index (χ3v) is 6.03. The molecule has 0 bridgehead atoms. The van der Waals surface area contributed by atoms with Gasteiger partial charge in [0.05, 0.1) is 35.1 Å². The number of esters is 1. The van der Waals surface area contributed by atoms with E-state index in [-0.39, 0.29) is 17.5 Å². The first-order chi connectivity index (χ1) is 17.3. The molecule has 0 aliphatic rings. The first-order valence-corrected chi connectivity index (χ1v) is 11.1. The Balaban J connectivity index is 1.79. The number of benzene rings is 3. The molecule has 2 aromatic heterocycles. The fraction of sp³-hybridized carbons (Fsp3) is 0.148. The molecule has 0 radical (unpaired) electrons. The Kier molecular flexibility index (Phi) is 5.72. The topological polar surface area (TPSA) is 77.2 Å². The number of alkyl halides is 3. The third-order valence-electron chi connectivity index (χ3n) is 6.03. The predicted molar refractivity (Wildman–Crippen MR) is 128 cm³/mol. The summed E-state index contributed by atoms with van der Waals surface area (Å²) in [5, 5.41) is 16.3. The fourth-order valence-corrected chi connectivity index (χ4v) is 4.38. The van der Waals surface area contributed by atoms with Crippen molar-refractivity contribution in [3.8, 4) is 5.69 Å². The van der Waals surface area contributed by atoms with Gasteiger partial charge in [0.25, 0.3) is 0 Å². The van der Waals surface area contributed by atoms with Crippen molar-refractivity contribution in [2.24, 2.45) is 0 Å². The van der Waals surface area contributed by atoms with Gasteiger partial charge in [-0.15, -0.1) is 0 Å². The number of pyridine rings is 1. The van der Waals surface area contributed by atoms with Gasteiger partial charge in [0.15, 0.2) is 0 Å². The number of ether oxygens (including phenoxy) is 1. The van der Waals surface area contributed by atoms with Gasteiger partial charge in [-0.3, -0.25) is 4.98 Å². The van der Waals surface area contributed by atoms with E-state index in [0.29, 0.717) is 10.9 Å². The molecule has 0 aliphatic carbocycles. The molecule has 1 atom stereocenters. The van der Waals surface area contributed by atoms with Gasteiger partial charge in [-0.05, 0) is 42.8 Å². The van der Waals surface area contributed by atoms with Gasteiger partial charge in [-0.1, -0.05) is 42.5 Å². The van der Waals surface area contributed by atoms with Gasteiger partial charge in [0, 0.05) is 22.5 Å². The van der Waals surface area contributed by atoms with Crippen molar-refractivity contribution in [2.45, 2.75) is 18.7 Å². The van der Waals surface area contributed by atoms with Gasteiger partial charge < -0.3 is 9.84 Å². The Hall–Kier alpha value is -4.24. The van der Waals surface area contributed by atoms with Gasteiger partial charge in [0.2, 0.25) is 5.60 Å². The van der Waals surface area contributed by atoms with Crippen molar-refractivity contribution in [3.05, 3.63) is 102 Å². The highest BCUT2D eigenvalue weighted by Crippen LogP contribution is 2.48. The standard InChI is InChI=1S/C27H20F3N3O3/c1-2-36-25(34)21-16-31-22-11-7-6-10-20(22)24(21)26(35,27(28,29)30)18-12-13-23-17(14-18)15-32-33(23)19-8-4-3-5-9-19/h3-16,35H,2H2,1H3. The highest BCUT2D eigenvalue weighted by Gasteiger charge is 2.58. The summed E-state index contributed by atoms with van der Waals surface area (Å²) >= 11 is 0. The average molecular weight is 491 g/mol. The monoisotopic (exact) mass is 491 g/mol. The summed E-state index contributed by atoms with van der Waals surface area (Å²) in [6.45, 7) is 1.49. The van der Waals surface area contributed by atoms with Crippen LogP contribution in [-0.2, 0) is 10.3 Å². The van der Waals surface area contributed by atoms with Crippen LogP contribution in [-0.4, -0.2) is 38.6 Å². The Morgan fingerprint density at radius 1 is 1.00 bits per heavy atom. The Morgan fingerprint density at radius 3 is 2.44 bits per heavy atom. The molecule has 0 aliphatic heterocycles. The number of carbonyl (C=O) groups excluding carboxylic acids is 1. The molecule has 5 rings (SSSR count). The Bertz CT molecular complexity index is 1580. The fourth-order valence-electron chi connectivity index (χ4n) is 4.38. The Morgan fingerprint density at radius 2 is 1.72 bits per heavy atom. The minimum atomic E-state index is -5.19. The largest absolute Gasteiger partial charge is 0.462 e. The molecule has 36 heavy (non-hydrogen) atoms. The smallest absolute Gasteiger partial charge is 0.425 e. The lowest BCUT2D eigenvalue weighted by Gasteiger charge is -2.33. The van der Waals surface area contributed by atoms with Crippen molar-refractivity contribution >= 4 is 27.8 Å². The van der Waals surface area contributed by atoms with Gasteiger partial charge in [-0.2, -0.15) is 18.3 Å². The van der Waals surface area contributed by atoms with Crippen LogP contribution in [0.4, 0.5) is 13.2 Å². The number of rotatable bonds is 5. The number of halogens is 3. The Labute approximate surface area is 203 Å². The zero-order chi connectivity index (χ0) is 25.5. The van der Waals surface area contributed by atoms with E-state index >= 15 is 0 Å². The summed E-state index contributed by atoms with van der Waals surface area (Å²) in [5.74, 6) is -1.01. The van der Waals surface area contributed by atoms with Crippen LogP contribution in [0.2, 0.25) is 0 Å². The second-order valence-corrected chi connectivity index (χ2v) is 8.16. The molecule has 0 saturated heterocycles. The number of aromatic nitrogens is 3. The molecule has 0 saturated carbocycles. The summed E-state index contributed by atoms with van der Waals surface area (Å²) in [6.07, 6.45) is -2.75. The number of hydrogen-bond acceptors (Lipinski definition) is 5. The molecule has 3 aromatic carbocycles. The summed E-state index contributed by atoms with van der Waals surface area (Å²) in [6, 6.07) is 19.1. The predicted octanol–water partition coefficient (Wildman–Crippen LogP) is 5.55. The molecule has 9 heteroatoms. The van der Waals surface area contributed by atoms with Crippen molar-refractivity contribution in [1.29, 1.82) is 0 Å². The quantitative estimate of drug-likeness (QED) is 0.326. The van der Waals surface area contributed by atoms with E-state index in [9.17, 15) is 23.1 Å². The van der Waals surface area contributed by atoms with Crippen LogP contribution in [0.25, 0.3) is 27.5 Å². The third kappa shape index (κ3) is 3.68. The SMILES string of the molecule is CCOC(=O)c1cnc2ccccc2c1C(O)(c1ccc2c(cnn2-c2ccccc2)c1)C(F)(F)F. The number of aliphatic hydroxyl groups is 1. The van der Waals surface area contributed by atoms with Crippen molar-refractivity contribution in [1.82, 2.24) is 14.8 Å². The number of hydrogen-bond donors (Lipinski definition) is 1. The van der Waals surface area contributed by atoms with Crippen LogP contribution in [0.1, 0.15) is 28.4 Å². The maximum Gasteiger partial charge on any atom is 0.425 e. The molecule has 0 spiro atoms. The lowest BCUT2D eigenvalue weighted by atomic mass is 9.81. The van der Waals surface area contributed by atoms with E-state index < -0.39 is 34.4 Å². The molecule has 5 aromatic rings. The second-order valence-electron chi connectivity index (χ2n) is 8.16. The normalized spacial score (nSPS) is 13.6. The first-order valence-electron chi connectivity index (χ1n) is 11.1. The minimum Gasteiger partial charge on any atom is -0.462 e. The van der Waals surface area contributed by atoms with E-state index in [1.54, 1.807) is 17.7 Å². The van der Waals surface area contributed by atoms with Crippen LogP contribution < -0.4 is 0 Å². The van der Waals surface area contributed by atoms with E-state index in [2.05, 4.69) is 10.1 Å². The maximum absolute atomic E-state index is 14.9. The molecule has 2 heterocycles. The first kappa shape index (κ1) is 23.5. The lowest BCUT2D eigenvalue weighted by molar-refractivity contribution is -0.248. The molecule has 182 valence electrons. The van der Waals surface area contributed by atoms with Gasteiger partial charge in [-0.25, -0.2) is 9.48 Å². The van der Waals surface area contributed by atoms with Gasteiger partial charge >= 0.3 is 12.1 Å². The molecule has 6 nitrogen and oxygen atoms in total.